The van der Waals surface area contributed by atoms with Crippen molar-refractivity contribution in [1.82, 2.24) is 10.7 Å². The van der Waals surface area contributed by atoms with Crippen LogP contribution >= 0.6 is 0 Å². The highest BCUT2D eigenvalue weighted by Crippen LogP contribution is 2.44. The van der Waals surface area contributed by atoms with Gasteiger partial charge in [0.1, 0.15) is 18.9 Å². The minimum Gasteiger partial charge on any atom is -0.462 e. The van der Waals surface area contributed by atoms with Crippen molar-refractivity contribution in [3.8, 4) is 11.1 Å². The highest BCUT2D eigenvalue weighted by Gasteiger charge is 2.30. The molecule has 0 saturated carbocycles. The molecule has 0 saturated heterocycles. The Bertz CT molecular complexity index is 989. The predicted molar refractivity (Wildman–Crippen MR) is 125 cm³/mol. The topological polar surface area (TPSA) is 106 Å². The summed E-state index contributed by atoms with van der Waals surface area (Å²) in [6.07, 6.45) is 0.568. The molecule has 8 nitrogen and oxygen atoms in total. The molecule has 1 aliphatic rings. The lowest BCUT2D eigenvalue weighted by molar-refractivity contribution is -0.134. The molecule has 2 amide bonds. The zero-order valence-corrected chi connectivity index (χ0v) is 19.0. The maximum absolute atomic E-state index is 12.6. The fourth-order valence-corrected chi connectivity index (χ4v) is 3.89. The van der Waals surface area contributed by atoms with Crippen LogP contribution in [0.2, 0.25) is 0 Å². The van der Waals surface area contributed by atoms with E-state index in [1.807, 2.05) is 50.2 Å². The van der Waals surface area contributed by atoms with Gasteiger partial charge in [-0.05, 0) is 41.5 Å². The molecule has 8 heteroatoms. The van der Waals surface area contributed by atoms with E-state index in [0.717, 1.165) is 28.5 Å². The molecular formula is C25H29N3O5. The van der Waals surface area contributed by atoms with E-state index in [4.69, 9.17) is 9.47 Å². The van der Waals surface area contributed by atoms with Gasteiger partial charge in [0.25, 0.3) is 5.91 Å². The fraction of sp³-hybridized carbons (Fsp3) is 0.360. The van der Waals surface area contributed by atoms with Crippen LogP contribution in [-0.4, -0.2) is 43.4 Å². The van der Waals surface area contributed by atoms with Gasteiger partial charge < -0.3 is 14.8 Å². The molecular weight excluding hydrogens is 422 g/mol. The van der Waals surface area contributed by atoms with Crippen LogP contribution in [0, 0.1) is 5.92 Å². The number of hydrazone groups is 1. The van der Waals surface area contributed by atoms with E-state index in [-0.39, 0.29) is 25.0 Å². The normalized spacial score (nSPS) is 13.3. The molecule has 0 aromatic heterocycles. The fourth-order valence-electron chi connectivity index (χ4n) is 3.89. The molecule has 3 rings (SSSR count). The van der Waals surface area contributed by atoms with Gasteiger partial charge in [-0.3, -0.25) is 4.79 Å². The SMILES string of the molecule is CCOC(=O)/C=N/NC(=O)[C@H](CC(C)C)NC(=O)OCC1c2ccccc2-c2ccccc21. The molecule has 0 spiro atoms. The molecule has 0 unspecified atom stereocenters. The maximum atomic E-state index is 12.6. The van der Waals surface area contributed by atoms with Crippen LogP contribution in [0.4, 0.5) is 4.79 Å². The zero-order valence-electron chi connectivity index (χ0n) is 19.0. The molecule has 0 heterocycles. The first-order valence-corrected chi connectivity index (χ1v) is 11.0. The van der Waals surface area contributed by atoms with Crippen LogP contribution in [0.25, 0.3) is 11.1 Å². The highest BCUT2D eigenvalue weighted by atomic mass is 16.5. The predicted octanol–water partition coefficient (Wildman–Crippen LogP) is 3.60. The first kappa shape index (κ1) is 24.0. The number of amides is 2. The van der Waals surface area contributed by atoms with Crippen molar-refractivity contribution in [3.63, 3.8) is 0 Å². The molecule has 2 aromatic carbocycles. The van der Waals surface area contributed by atoms with Crippen molar-refractivity contribution in [2.75, 3.05) is 13.2 Å². The Balaban J connectivity index is 1.62. The Kier molecular flexibility index (Phi) is 8.18. The number of nitrogens with one attached hydrogen (secondary N) is 2. The molecule has 0 radical (unpaired) electrons. The smallest absolute Gasteiger partial charge is 0.407 e. The summed E-state index contributed by atoms with van der Waals surface area (Å²) in [5.41, 5.74) is 6.76. The van der Waals surface area contributed by atoms with Crippen LogP contribution < -0.4 is 10.7 Å². The lowest BCUT2D eigenvalue weighted by Gasteiger charge is -2.20. The monoisotopic (exact) mass is 451 g/mol. The first-order valence-electron chi connectivity index (χ1n) is 11.0. The van der Waals surface area contributed by atoms with Gasteiger partial charge in [0.15, 0.2) is 0 Å². The first-order chi connectivity index (χ1) is 15.9. The molecule has 0 aliphatic heterocycles. The minimum absolute atomic E-state index is 0.0743. The van der Waals surface area contributed by atoms with Crippen molar-refractivity contribution in [2.45, 2.75) is 39.2 Å². The molecule has 0 bridgehead atoms. The number of ether oxygens (including phenoxy) is 2. The zero-order chi connectivity index (χ0) is 23.8. The third-order valence-electron chi connectivity index (χ3n) is 5.29. The molecule has 1 aliphatic carbocycles. The Morgan fingerprint density at radius 2 is 1.61 bits per heavy atom. The van der Waals surface area contributed by atoms with E-state index in [9.17, 15) is 14.4 Å². The summed E-state index contributed by atoms with van der Waals surface area (Å²) in [6, 6.07) is 15.3. The van der Waals surface area contributed by atoms with E-state index in [1.165, 1.54) is 0 Å². The molecule has 1 atom stereocenters. The summed E-state index contributed by atoms with van der Waals surface area (Å²) in [7, 11) is 0. The second-order valence-corrected chi connectivity index (χ2v) is 8.14. The van der Waals surface area contributed by atoms with Crippen LogP contribution in [0.15, 0.2) is 53.6 Å². The molecule has 174 valence electrons. The Morgan fingerprint density at radius 3 is 2.18 bits per heavy atom. The van der Waals surface area contributed by atoms with Crippen LogP contribution in [0.5, 0.6) is 0 Å². The summed E-state index contributed by atoms with van der Waals surface area (Å²) in [5.74, 6) is -1.15. The second-order valence-electron chi connectivity index (χ2n) is 8.14. The molecule has 2 N–H and O–H groups in total. The highest BCUT2D eigenvalue weighted by molar-refractivity contribution is 6.23. The Labute approximate surface area is 193 Å². The van der Waals surface area contributed by atoms with Gasteiger partial charge >= 0.3 is 12.1 Å². The average Bonchev–Trinajstić information content (AvgIpc) is 3.11. The standard InChI is InChI=1S/C25H29N3O5/c1-4-32-23(29)14-26-28-24(30)22(13-16(2)3)27-25(31)33-15-21-19-11-7-5-9-17(19)18-10-6-8-12-20(18)21/h5-12,14,16,21-22H,4,13,15H2,1-3H3,(H,27,31)(H,28,30)/b26-14+/t22-/m0/s1. The van der Waals surface area contributed by atoms with Gasteiger partial charge in [0, 0.05) is 5.92 Å². The number of benzene rings is 2. The Hall–Kier alpha value is -3.68. The van der Waals surface area contributed by atoms with Crippen LogP contribution in [0.1, 0.15) is 44.2 Å². The number of alkyl carbamates (subject to hydrolysis) is 1. The van der Waals surface area contributed by atoms with E-state index < -0.39 is 24.0 Å². The lowest BCUT2D eigenvalue weighted by Crippen LogP contribution is -2.46. The van der Waals surface area contributed by atoms with Crippen molar-refractivity contribution >= 4 is 24.2 Å². The third kappa shape index (κ3) is 6.19. The maximum Gasteiger partial charge on any atom is 0.407 e. The summed E-state index contributed by atoms with van der Waals surface area (Å²) >= 11 is 0. The van der Waals surface area contributed by atoms with Crippen LogP contribution in [-0.2, 0) is 19.1 Å². The number of hydrogen-bond donors (Lipinski definition) is 2. The summed E-state index contributed by atoms with van der Waals surface area (Å²) in [4.78, 5) is 36.4. The van der Waals surface area contributed by atoms with E-state index >= 15 is 0 Å². The second kappa shape index (κ2) is 11.3. The van der Waals surface area contributed by atoms with Gasteiger partial charge in [0.05, 0.1) is 6.61 Å². The van der Waals surface area contributed by atoms with Crippen molar-refractivity contribution in [3.05, 3.63) is 59.7 Å². The van der Waals surface area contributed by atoms with E-state index in [2.05, 4.69) is 28.0 Å². The van der Waals surface area contributed by atoms with Gasteiger partial charge in [-0.15, -0.1) is 0 Å². The minimum atomic E-state index is -0.861. The quantitative estimate of drug-likeness (QED) is 0.344. The molecule has 0 fully saturated rings. The Morgan fingerprint density at radius 1 is 1.00 bits per heavy atom. The van der Waals surface area contributed by atoms with Crippen molar-refractivity contribution in [2.24, 2.45) is 11.0 Å². The van der Waals surface area contributed by atoms with Gasteiger partial charge in [-0.1, -0.05) is 62.4 Å². The number of esters is 1. The van der Waals surface area contributed by atoms with Gasteiger partial charge in [-0.25, -0.2) is 15.0 Å². The third-order valence-corrected chi connectivity index (χ3v) is 5.29. The number of carbonyl (C=O) groups is 3. The number of rotatable bonds is 9. The van der Waals surface area contributed by atoms with Crippen LogP contribution in [0.3, 0.4) is 0 Å². The lowest BCUT2D eigenvalue weighted by atomic mass is 9.98. The molecule has 33 heavy (non-hydrogen) atoms. The largest absolute Gasteiger partial charge is 0.462 e. The summed E-state index contributed by atoms with van der Waals surface area (Å²) in [5, 5.41) is 6.21. The number of fused-ring (bicyclic) bond motifs is 3. The van der Waals surface area contributed by atoms with Gasteiger partial charge in [0.2, 0.25) is 0 Å². The van der Waals surface area contributed by atoms with Crippen molar-refractivity contribution < 1.29 is 23.9 Å². The number of hydrogen-bond acceptors (Lipinski definition) is 6. The average molecular weight is 452 g/mol. The number of carbonyl (C=O) groups excluding carboxylic acids is 3. The van der Waals surface area contributed by atoms with Gasteiger partial charge in [-0.2, -0.15) is 5.10 Å². The van der Waals surface area contributed by atoms with E-state index in [0.29, 0.717) is 6.42 Å². The number of nitrogens with zero attached hydrogens (tertiary/aromatic N) is 1. The van der Waals surface area contributed by atoms with E-state index in [1.54, 1.807) is 6.92 Å². The summed E-state index contributed by atoms with van der Waals surface area (Å²) < 4.78 is 10.2. The van der Waals surface area contributed by atoms with Crippen molar-refractivity contribution in [1.29, 1.82) is 0 Å². The summed E-state index contributed by atoms with van der Waals surface area (Å²) in [6.45, 7) is 5.89. The molecule has 2 aromatic rings.